The van der Waals surface area contributed by atoms with E-state index in [-0.39, 0.29) is 0 Å². The van der Waals surface area contributed by atoms with Crippen LogP contribution in [0.15, 0.2) is 64.6 Å². The third kappa shape index (κ3) is 6.05. The van der Waals surface area contributed by atoms with Gasteiger partial charge in [0.1, 0.15) is 0 Å². The Morgan fingerprint density at radius 3 is 2.71 bits per heavy atom. The summed E-state index contributed by atoms with van der Waals surface area (Å²) in [5, 5.41) is 4.28. The van der Waals surface area contributed by atoms with Crippen LogP contribution in [0.5, 0.6) is 0 Å². The monoisotopic (exact) mass is 298 g/mol. The first kappa shape index (κ1) is 15.6. The summed E-state index contributed by atoms with van der Waals surface area (Å²) in [5.41, 5.74) is 5.16. The maximum Gasteiger partial charge on any atom is 0.0561 e. The van der Waals surface area contributed by atoms with E-state index in [9.17, 15) is 0 Å². The number of thioether (sulfide) groups is 1. The van der Waals surface area contributed by atoms with Crippen molar-refractivity contribution in [2.24, 2.45) is 5.10 Å². The van der Waals surface area contributed by atoms with Gasteiger partial charge in [-0.1, -0.05) is 50.1 Å². The minimum absolute atomic E-state index is 0.999. The van der Waals surface area contributed by atoms with E-state index in [1.54, 1.807) is 0 Å². The summed E-state index contributed by atoms with van der Waals surface area (Å²) >= 11 is 1.92. The van der Waals surface area contributed by atoms with Crippen molar-refractivity contribution >= 4 is 23.7 Å². The van der Waals surface area contributed by atoms with Gasteiger partial charge in [-0.05, 0) is 42.0 Å². The predicted molar refractivity (Wildman–Crippen MR) is 94.3 cm³/mol. The van der Waals surface area contributed by atoms with Gasteiger partial charge in [0.25, 0.3) is 0 Å². The molecule has 0 aliphatic carbocycles. The van der Waals surface area contributed by atoms with Crippen molar-refractivity contribution in [1.82, 2.24) is 0 Å². The van der Waals surface area contributed by atoms with Crippen molar-refractivity contribution < 1.29 is 0 Å². The van der Waals surface area contributed by atoms with Crippen LogP contribution in [-0.2, 0) is 0 Å². The second-order valence-corrected chi connectivity index (χ2v) is 6.03. The van der Waals surface area contributed by atoms with Gasteiger partial charge in [0.05, 0.1) is 11.9 Å². The zero-order valence-corrected chi connectivity index (χ0v) is 13.3. The SMILES string of the molecule is CCCCCSc1cccc(C=NNc2ccccc2)c1. The number of hydrogen-bond donors (Lipinski definition) is 1. The molecule has 0 aliphatic rings. The molecule has 0 amide bonds. The third-order valence-corrected chi connectivity index (χ3v) is 4.14. The quantitative estimate of drug-likeness (QED) is 0.305. The number of nitrogens with one attached hydrogen (secondary N) is 1. The number of anilines is 1. The number of para-hydroxylation sites is 1. The Morgan fingerprint density at radius 1 is 1.05 bits per heavy atom. The summed E-state index contributed by atoms with van der Waals surface area (Å²) in [5.74, 6) is 1.19. The first-order chi connectivity index (χ1) is 10.4. The number of hydrazone groups is 1. The Kier molecular flexibility index (Phi) is 6.89. The third-order valence-electron chi connectivity index (χ3n) is 3.06. The molecule has 0 spiro atoms. The Bertz CT molecular complexity index is 552. The van der Waals surface area contributed by atoms with Crippen LogP contribution >= 0.6 is 11.8 Å². The lowest BCUT2D eigenvalue weighted by Crippen LogP contribution is -1.90. The van der Waals surface area contributed by atoms with Gasteiger partial charge < -0.3 is 0 Å². The molecular weight excluding hydrogens is 276 g/mol. The molecule has 0 heterocycles. The molecule has 0 atom stereocenters. The fourth-order valence-corrected chi connectivity index (χ4v) is 2.90. The first-order valence-corrected chi connectivity index (χ1v) is 8.44. The van der Waals surface area contributed by atoms with Crippen molar-refractivity contribution in [3.05, 3.63) is 60.2 Å². The largest absolute Gasteiger partial charge is 0.279 e. The molecule has 110 valence electrons. The summed E-state index contributed by atoms with van der Waals surface area (Å²) in [6, 6.07) is 18.5. The molecule has 0 fully saturated rings. The lowest BCUT2D eigenvalue weighted by Gasteiger charge is -2.02. The molecule has 2 aromatic carbocycles. The average molecular weight is 298 g/mol. The van der Waals surface area contributed by atoms with E-state index in [1.165, 1.54) is 29.9 Å². The second-order valence-electron chi connectivity index (χ2n) is 4.86. The number of rotatable bonds is 8. The lowest BCUT2D eigenvalue weighted by molar-refractivity contribution is 0.778. The number of benzene rings is 2. The van der Waals surface area contributed by atoms with Crippen LogP contribution in [0.2, 0.25) is 0 Å². The molecule has 0 aliphatic heterocycles. The molecule has 0 saturated heterocycles. The van der Waals surface area contributed by atoms with Gasteiger partial charge in [-0.15, -0.1) is 11.8 Å². The van der Waals surface area contributed by atoms with Gasteiger partial charge in [0.15, 0.2) is 0 Å². The zero-order valence-electron chi connectivity index (χ0n) is 12.5. The molecule has 0 saturated carbocycles. The highest BCUT2D eigenvalue weighted by Gasteiger charge is 1.95. The maximum atomic E-state index is 4.28. The first-order valence-electron chi connectivity index (χ1n) is 7.45. The molecule has 21 heavy (non-hydrogen) atoms. The van der Waals surface area contributed by atoms with Crippen molar-refractivity contribution in [3.8, 4) is 0 Å². The van der Waals surface area contributed by atoms with Crippen LogP contribution < -0.4 is 5.43 Å². The summed E-state index contributed by atoms with van der Waals surface area (Å²) in [4.78, 5) is 1.31. The lowest BCUT2D eigenvalue weighted by atomic mass is 10.2. The molecule has 2 nitrogen and oxygen atoms in total. The van der Waals surface area contributed by atoms with Gasteiger partial charge >= 0.3 is 0 Å². The highest BCUT2D eigenvalue weighted by atomic mass is 32.2. The minimum atomic E-state index is 0.999. The fourth-order valence-electron chi connectivity index (χ4n) is 1.92. The average Bonchev–Trinajstić information content (AvgIpc) is 2.53. The van der Waals surface area contributed by atoms with Crippen LogP contribution in [0.1, 0.15) is 31.7 Å². The molecular formula is C18H22N2S. The molecule has 2 aromatic rings. The predicted octanol–water partition coefficient (Wildman–Crippen LogP) is 5.41. The Hall–Kier alpha value is -1.74. The van der Waals surface area contributed by atoms with E-state index in [0.717, 1.165) is 11.3 Å². The summed E-state index contributed by atoms with van der Waals surface area (Å²) in [6.45, 7) is 2.24. The van der Waals surface area contributed by atoms with Gasteiger partial charge in [0.2, 0.25) is 0 Å². The van der Waals surface area contributed by atoms with Gasteiger partial charge in [-0.3, -0.25) is 5.43 Å². The summed E-state index contributed by atoms with van der Waals surface area (Å²) < 4.78 is 0. The molecule has 0 unspecified atom stereocenters. The molecule has 0 aromatic heterocycles. The minimum Gasteiger partial charge on any atom is -0.279 e. The normalized spacial score (nSPS) is 10.9. The molecule has 0 radical (unpaired) electrons. The van der Waals surface area contributed by atoms with Crippen LogP contribution in [0.4, 0.5) is 5.69 Å². The van der Waals surface area contributed by atoms with Crippen molar-refractivity contribution in [2.75, 3.05) is 11.2 Å². The van der Waals surface area contributed by atoms with Gasteiger partial charge in [-0.25, -0.2) is 0 Å². The molecule has 1 N–H and O–H groups in total. The summed E-state index contributed by atoms with van der Waals surface area (Å²) in [6.07, 6.45) is 5.74. The van der Waals surface area contributed by atoms with Crippen LogP contribution in [0.25, 0.3) is 0 Å². The standard InChI is InChI=1S/C18H22N2S/c1-2-3-7-13-21-18-12-8-9-16(14-18)15-19-20-17-10-5-4-6-11-17/h4-6,8-12,14-15,20H,2-3,7,13H2,1H3. The van der Waals surface area contributed by atoms with Crippen molar-refractivity contribution in [1.29, 1.82) is 0 Å². The van der Waals surface area contributed by atoms with Gasteiger partial charge in [0, 0.05) is 4.90 Å². The van der Waals surface area contributed by atoms with Crippen LogP contribution in [0, 0.1) is 0 Å². The van der Waals surface area contributed by atoms with Crippen LogP contribution in [-0.4, -0.2) is 12.0 Å². The topological polar surface area (TPSA) is 24.4 Å². The van der Waals surface area contributed by atoms with Crippen molar-refractivity contribution in [2.45, 2.75) is 31.1 Å². The van der Waals surface area contributed by atoms with E-state index in [1.807, 2.05) is 48.3 Å². The van der Waals surface area contributed by atoms with Gasteiger partial charge in [-0.2, -0.15) is 5.10 Å². The number of hydrogen-bond acceptors (Lipinski definition) is 3. The second kappa shape index (κ2) is 9.24. The highest BCUT2D eigenvalue weighted by Crippen LogP contribution is 2.20. The Labute approximate surface area is 131 Å². The van der Waals surface area contributed by atoms with E-state index in [4.69, 9.17) is 0 Å². The Balaban J connectivity index is 1.85. The summed E-state index contributed by atoms with van der Waals surface area (Å²) in [7, 11) is 0. The molecule has 3 heteroatoms. The maximum absolute atomic E-state index is 4.28. The fraction of sp³-hybridized carbons (Fsp3) is 0.278. The number of unbranched alkanes of at least 4 members (excludes halogenated alkanes) is 2. The van der Waals surface area contributed by atoms with E-state index in [2.05, 4.69) is 41.7 Å². The highest BCUT2D eigenvalue weighted by molar-refractivity contribution is 7.99. The molecule has 2 rings (SSSR count). The molecule has 0 bridgehead atoms. The van der Waals surface area contributed by atoms with Crippen molar-refractivity contribution in [3.63, 3.8) is 0 Å². The smallest absolute Gasteiger partial charge is 0.0561 e. The number of nitrogens with zero attached hydrogens (tertiary/aromatic N) is 1. The van der Waals surface area contributed by atoms with E-state index in [0.29, 0.717) is 0 Å². The van der Waals surface area contributed by atoms with E-state index < -0.39 is 0 Å². The zero-order chi connectivity index (χ0) is 14.8. The van der Waals surface area contributed by atoms with E-state index >= 15 is 0 Å². The Morgan fingerprint density at radius 2 is 1.90 bits per heavy atom. The van der Waals surface area contributed by atoms with Crippen LogP contribution in [0.3, 0.4) is 0 Å².